The van der Waals surface area contributed by atoms with Crippen LogP contribution in [0.4, 0.5) is 14.9 Å². The minimum Gasteiger partial charge on any atom is -0.459 e. The van der Waals surface area contributed by atoms with E-state index in [1.54, 1.807) is 48.5 Å². The van der Waals surface area contributed by atoms with Gasteiger partial charge in [-0.3, -0.25) is 14.5 Å². The molecule has 2 heterocycles. The van der Waals surface area contributed by atoms with Crippen LogP contribution in [0.25, 0.3) is 0 Å². The molecule has 1 saturated heterocycles. The minimum absolute atomic E-state index is 0.148. The fourth-order valence-corrected chi connectivity index (χ4v) is 4.28. The van der Waals surface area contributed by atoms with Gasteiger partial charge in [0, 0.05) is 12.2 Å². The van der Waals surface area contributed by atoms with Gasteiger partial charge in [-0.1, -0.05) is 54.6 Å². The van der Waals surface area contributed by atoms with Gasteiger partial charge in [0.2, 0.25) is 5.91 Å². The van der Waals surface area contributed by atoms with Gasteiger partial charge in [0.05, 0.1) is 12.8 Å². The smallest absolute Gasteiger partial charge is 0.411 e. The van der Waals surface area contributed by atoms with Crippen molar-refractivity contribution in [1.29, 1.82) is 0 Å². The van der Waals surface area contributed by atoms with Gasteiger partial charge in [0.25, 0.3) is 5.91 Å². The summed E-state index contributed by atoms with van der Waals surface area (Å²) < 4.78 is 24.1. The first-order valence-electron chi connectivity index (χ1n) is 12.0. The normalized spacial score (nSPS) is 16.7. The van der Waals surface area contributed by atoms with E-state index >= 15 is 0 Å². The van der Waals surface area contributed by atoms with E-state index in [9.17, 15) is 18.8 Å². The molecular weight excluding hydrogens is 489 g/mol. The molecule has 1 aliphatic rings. The molecule has 1 aliphatic heterocycles. The molecule has 3 amide bonds. The van der Waals surface area contributed by atoms with E-state index in [4.69, 9.17) is 9.15 Å². The highest BCUT2D eigenvalue weighted by molar-refractivity contribution is 6.02. The van der Waals surface area contributed by atoms with Crippen LogP contribution in [0.5, 0.6) is 0 Å². The Hall–Kier alpha value is -4.92. The lowest BCUT2D eigenvalue weighted by atomic mass is 10.00. The molecule has 2 N–H and O–H groups in total. The summed E-state index contributed by atoms with van der Waals surface area (Å²) in [6.45, 7) is 0.314. The summed E-state index contributed by atoms with van der Waals surface area (Å²) in [4.78, 5) is 40.3. The fraction of sp³-hybridized carbons (Fsp3) is 0.138. The molecule has 8 nitrogen and oxygen atoms in total. The predicted molar refractivity (Wildman–Crippen MR) is 136 cm³/mol. The van der Waals surface area contributed by atoms with Crippen LogP contribution in [0.1, 0.15) is 33.3 Å². The van der Waals surface area contributed by atoms with Crippen molar-refractivity contribution in [3.05, 3.63) is 126 Å². The Kier molecular flexibility index (Phi) is 7.17. The third-order valence-corrected chi connectivity index (χ3v) is 6.15. The molecule has 0 spiro atoms. The number of ether oxygens (including phenoxy) is 1. The van der Waals surface area contributed by atoms with E-state index < -0.39 is 30.1 Å². The second kappa shape index (κ2) is 11.0. The van der Waals surface area contributed by atoms with Crippen molar-refractivity contribution >= 4 is 23.6 Å². The summed E-state index contributed by atoms with van der Waals surface area (Å²) in [5, 5.41) is 5.59. The zero-order chi connectivity index (χ0) is 26.5. The molecule has 5 rings (SSSR count). The highest BCUT2D eigenvalue weighted by Crippen LogP contribution is 2.35. The number of benzene rings is 3. The largest absolute Gasteiger partial charge is 0.459 e. The second-order valence-electron chi connectivity index (χ2n) is 8.76. The summed E-state index contributed by atoms with van der Waals surface area (Å²) in [6, 6.07) is 24.0. The van der Waals surface area contributed by atoms with Gasteiger partial charge in [-0.25, -0.2) is 9.18 Å². The molecule has 2 atom stereocenters. The number of furan rings is 1. The van der Waals surface area contributed by atoms with Crippen LogP contribution in [0, 0.1) is 5.82 Å². The van der Waals surface area contributed by atoms with E-state index in [1.165, 1.54) is 23.3 Å². The lowest BCUT2D eigenvalue weighted by Gasteiger charge is -2.24. The zero-order valence-electron chi connectivity index (χ0n) is 20.2. The Balaban J connectivity index is 1.40. The maximum atomic E-state index is 13.5. The molecule has 38 heavy (non-hydrogen) atoms. The number of carbonyl (C=O) groups excluding carboxylic acids is 3. The lowest BCUT2D eigenvalue weighted by molar-refractivity contribution is -0.126. The Bertz CT molecular complexity index is 1420. The van der Waals surface area contributed by atoms with Crippen LogP contribution in [0.3, 0.4) is 0 Å². The Labute approximate surface area is 218 Å². The van der Waals surface area contributed by atoms with Gasteiger partial charge in [0.15, 0.2) is 17.9 Å². The molecule has 0 radical (unpaired) electrons. The lowest BCUT2D eigenvalue weighted by Crippen LogP contribution is -2.46. The molecule has 0 saturated carbocycles. The van der Waals surface area contributed by atoms with Crippen molar-refractivity contribution in [2.75, 3.05) is 5.32 Å². The Morgan fingerprint density at radius 1 is 0.895 bits per heavy atom. The number of halogens is 1. The number of hydrogen-bond donors (Lipinski definition) is 2. The van der Waals surface area contributed by atoms with Crippen molar-refractivity contribution in [1.82, 2.24) is 10.2 Å². The molecule has 0 bridgehead atoms. The molecule has 0 unspecified atom stereocenters. The van der Waals surface area contributed by atoms with Crippen LogP contribution < -0.4 is 10.6 Å². The van der Waals surface area contributed by atoms with E-state index in [1.807, 2.05) is 30.3 Å². The van der Waals surface area contributed by atoms with Gasteiger partial charge >= 0.3 is 6.09 Å². The quantitative estimate of drug-likeness (QED) is 0.343. The molecule has 0 aliphatic carbocycles. The summed E-state index contributed by atoms with van der Waals surface area (Å²) in [7, 11) is 0. The molecule has 4 aromatic rings. The number of nitrogens with zero attached hydrogens (tertiary/aromatic N) is 1. The number of carbonyl (C=O) groups is 3. The molecule has 3 aromatic carbocycles. The van der Waals surface area contributed by atoms with Crippen LogP contribution in [-0.2, 0) is 22.6 Å². The van der Waals surface area contributed by atoms with Crippen molar-refractivity contribution in [2.24, 2.45) is 0 Å². The van der Waals surface area contributed by atoms with E-state index in [-0.39, 0.29) is 24.7 Å². The third-order valence-electron chi connectivity index (χ3n) is 6.15. The SMILES string of the molecule is O=C(Nc1cccc([C@H]2OC(=O)N(Cc3ccccc3)[C@H]2C(=O)NCc2ccc(F)cc2)c1)c1ccco1. The monoisotopic (exact) mass is 513 g/mol. The van der Waals surface area contributed by atoms with Crippen LogP contribution in [0.2, 0.25) is 0 Å². The highest BCUT2D eigenvalue weighted by Gasteiger charge is 2.47. The zero-order valence-corrected chi connectivity index (χ0v) is 20.2. The van der Waals surface area contributed by atoms with Gasteiger partial charge in [-0.05, 0) is 53.1 Å². The van der Waals surface area contributed by atoms with Crippen LogP contribution >= 0.6 is 0 Å². The first-order valence-corrected chi connectivity index (χ1v) is 12.0. The van der Waals surface area contributed by atoms with E-state index in [2.05, 4.69) is 10.6 Å². The van der Waals surface area contributed by atoms with Crippen molar-refractivity contribution < 1.29 is 27.9 Å². The minimum atomic E-state index is -0.987. The summed E-state index contributed by atoms with van der Waals surface area (Å²) in [6.07, 6.45) is -0.162. The highest BCUT2D eigenvalue weighted by atomic mass is 19.1. The second-order valence-corrected chi connectivity index (χ2v) is 8.76. The Morgan fingerprint density at radius 3 is 2.42 bits per heavy atom. The van der Waals surface area contributed by atoms with Gasteiger partial charge in [-0.2, -0.15) is 0 Å². The first kappa shape index (κ1) is 24.8. The Morgan fingerprint density at radius 2 is 1.68 bits per heavy atom. The van der Waals surface area contributed by atoms with Gasteiger partial charge in [0.1, 0.15) is 5.82 Å². The topological polar surface area (TPSA) is 101 Å². The average molecular weight is 514 g/mol. The standard InChI is InChI=1S/C29H24FN3O5/c30-22-13-11-19(12-14-22)17-31-28(35)25-26(38-29(36)33(25)18-20-6-2-1-3-7-20)21-8-4-9-23(16-21)32-27(34)24-10-5-15-37-24/h1-16,25-26H,17-18H2,(H,31,35)(H,32,34)/t25-,26-/m1/s1. The third kappa shape index (κ3) is 5.57. The molecule has 9 heteroatoms. The van der Waals surface area contributed by atoms with E-state index in [0.29, 0.717) is 16.8 Å². The number of rotatable bonds is 8. The maximum Gasteiger partial charge on any atom is 0.411 e. The van der Waals surface area contributed by atoms with Crippen molar-refractivity contribution in [3.63, 3.8) is 0 Å². The molecule has 1 fully saturated rings. The molecule has 1 aromatic heterocycles. The number of anilines is 1. The number of hydrogen-bond acceptors (Lipinski definition) is 5. The van der Waals surface area contributed by atoms with Crippen molar-refractivity contribution in [2.45, 2.75) is 25.2 Å². The van der Waals surface area contributed by atoms with Crippen molar-refractivity contribution in [3.8, 4) is 0 Å². The summed E-state index contributed by atoms with van der Waals surface area (Å²) in [5.41, 5.74) is 2.53. The average Bonchev–Trinajstić information content (AvgIpc) is 3.58. The van der Waals surface area contributed by atoms with Crippen LogP contribution in [0.15, 0.2) is 102 Å². The number of cyclic esters (lactones) is 1. The summed E-state index contributed by atoms with van der Waals surface area (Å²) in [5.74, 6) is -1.08. The number of nitrogens with one attached hydrogen (secondary N) is 2. The first-order chi connectivity index (χ1) is 18.5. The maximum absolute atomic E-state index is 13.5. The predicted octanol–water partition coefficient (Wildman–Crippen LogP) is 5.05. The number of amides is 3. The molecular formula is C29H24FN3O5. The van der Waals surface area contributed by atoms with E-state index in [0.717, 1.165) is 5.56 Å². The van der Waals surface area contributed by atoms with Crippen LogP contribution in [-0.4, -0.2) is 28.8 Å². The van der Waals surface area contributed by atoms with Gasteiger partial charge < -0.3 is 19.8 Å². The molecule has 192 valence electrons. The fourth-order valence-electron chi connectivity index (χ4n) is 4.28. The van der Waals surface area contributed by atoms with Gasteiger partial charge in [-0.15, -0.1) is 0 Å². The summed E-state index contributed by atoms with van der Waals surface area (Å²) >= 11 is 0.